The van der Waals surface area contributed by atoms with Gasteiger partial charge in [-0.3, -0.25) is 4.79 Å². The van der Waals surface area contributed by atoms with Gasteiger partial charge in [0, 0.05) is 30.4 Å². The predicted octanol–water partition coefficient (Wildman–Crippen LogP) is 2.92. The molecule has 0 amide bonds. The summed E-state index contributed by atoms with van der Waals surface area (Å²) in [5.74, 6) is -0.120. The summed E-state index contributed by atoms with van der Waals surface area (Å²) < 4.78 is 26.2. The molecular weight excluding hydrogens is 332 g/mol. The number of Topliss-reactive ketones (excluding diaryl/α,β-unsaturated/α-hetero) is 1. The number of ketones is 1. The Morgan fingerprint density at radius 1 is 1.22 bits per heavy atom. The van der Waals surface area contributed by atoms with Crippen LogP contribution in [0.15, 0.2) is 59.2 Å². The van der Waals surface area contributed by atoms with Crippen molar-refractivity contribution in [1.29, 1.82) is 0 Å². The third kappa shape index (κ3) is 3.25. The number of benzene rings is 1. The largest absolute Gasteiger partial charge is 0.291 e. The molecule has 0 saturated heterocycles. The molecule has 0 spiro atoms. The van der Waals surface area contributed by atoms with Gasteiger partial charge in [-0.25, -0.2) is 17.4 Å². The van der Waals surface area contributed by atoms with Gasteiger partial charge >= 0.3 is 0 Å². The Morgan fingerprint density at radius 2 is 1.96 bits per heavy atom. The molecule has 0 aliphatic carbocycles. The van der Waals surface area contributed by atoms with Crippen LogP contribution in [0.1, 0.15) is 20.9 Å². The van der Waals surface area contributed by atoms with Gasteiger partial charge in [0.15, 0.2) is 10.8 Å². The number of hydrogen-bond donors (Lipinski definition) is 0. The normalized spacial score (nSPS) is 11.5. The number of nitrogens with zero attached hydrogens (tertiary/aromatic N) is 2. The number of thiazole rings is 1. The number of rotatable bonds is 5. The number of aryl methyl sites for hydroxylation is 1. The molecule has 3 rings (SSSR count). The molecular formula is C16H14N2O3S2. The number of hydrogen-bond acceptors (Lipinski definition) is 5. The molecule has 0 N–H and O–H groups in total. The van der Waals surface area contributed by atoms with Crippen LogP contribution in [0.2, 0.25) is 0 Å². The molecule has 0 atom stereocenters. The Morgan fingerprint density at radius 3 is 2.61 bits per heavy atom. The molecule has 7 heteroatoms. The Bertz CT molecular complexity index is 924. The summed E-state index contributed by atoms with van der Waals surface area (Å²) in [6.07, 6.45) is 4.63. The van der Waals surface area contributed by atoms with Crippen molar-refractivity contribution in [1.82, 2.24) is 8.96 Å². The van der Waals surface area contributed by atoms with Crippen LogP contribution in [0.3, 0.4) is 0 Å². The summed E-state index contributed by atoms with van der Waals surface area (Å²) >= 11 is 1.28. The summed E-state index contributed by atoms with van der Waals surface area (Å²) in [4.78, 5) is 16.2. The van der Waals surface area contributed by atoms with Crippen molar-refractivity contribution in [2.24, 2.45) is 0 Å². The fourth-order valence-corrected chi connectivity index (χ4v) is 3.92. The average molecular weight is 346 g/mol. The topological polar surface area (TPSA) is 69.0 Å². The molecule has 0 saturated carbocycles. The lowest BCUT2D eigenvalue weighted by Gasteiger charge is -2.05. The molecule has 23 heavy (non-hydrogen) atoms. The van der Waals surface area contributed by atoms with Gasteiger partial charge in [-0.15, -0.1) is 11.3 Å². The van der Waals surface area contributed by atoms with E-state index in [-0.39, 0.29) is 17.1 Å². The van der Waals surface area contributed by atoms with Crippen LogP contribution in [0.4, 0.5) is 0 Å². The summed E-state index contributed by atoms with van der Waals surface area (Å²) in [6, 6.07) is 8.29. The average Bonchev–Trinajstić information content (AvgIpc) is 3.19. The maximum atomic E-state index is 12.5. The van der Waals surface area contributed by atoms with E-state index < -0.39 is 10.0 Å². The number of carbonyl (C=O) groups is 1. The second kappa shape index (κ2) is 6.10. The predicted molar refractivity (Wildman–Crippen MR) is 88.3 cm³/mol. The second-order valence-corrected chi connectivity index (χ2v) is 7.84. The molecule has 2 aromatic heterocycles. The molecule has 0 unspecified atom stereocenters. The van der Waals surface area contributed by atoms with Crippen molar-refractivity contribution in [3.63, 3.8) is 0 Å². The van der Waals surface area contributed by atoms with E-state index in [1.165, 1.54) is 23.7 Å². The highest BCUT2D eigenvalue weighted by Crippen LogP contribution is 2.17. The minimum Gasteiger partial charge on any atom is -0.291 e. The Hall–Kier alpha value is -2.25. The molecule has 3 aromatic rings. The molecule has 0 fully saturated rings. The lowest BCUT2D eigenvalue weighted by molar-refractivity contribution is 0.0992. The number of carbonyl (C=O) groups excluding carboxylic acids is 1. The Kier molecular flexibility index (Phi) is 4.14. The minimum atomic E-state index is -3.63. The van der Waals surface area contributed by atoms with Crippen LogP contribution >= 0.6 is 11.3 Å². The van der Waals surface area contributed by atoms with Gasteiger partial charge in [0.1, 0.15) is 0 Å². The van der Waals surface area contributed by atoms with E-state index in [9.17, 15) is 13.2 Å². The van der Waals surface area contributed by atoms with E-state index in [1.807, 2.05) is 6.92 Å². The molecule has 118 valence electrons. The molecule has 0 aliphatic heterocycles. The second-order valence-electron chi connectivity index (χ2n) is 5.10. The third-order valence-corrected chi connectivity index (χ3v) is 5.82. The van der Waals surface area contributed by atoms with Crippen LogP contribution in [-0.4, -0.2) is 23.2 Å². The smallest absolute Gasteiger partial charge is 0.267 e. The van der Waals surface area contributed by atoms with E-state index in [0.29, 0.717) is 10.6 Å². The molecule has 1 aromatic carbocycles. The zero-order valence-electron chi connectivity index (χ0n) is 12.3. The summed E-state index contributed by atoms with van der Waals surface area (Å²) in [5.41, 5.74) is 1.63. The van der Waals surface area contributed by atoms with E-state index in [2.05, 4.69) is 4.98 Å². The minimum absolute atomic E-state index is 0.120. The fraction of sp³-hybridized carbons (Fsp3) is 0.125. The highest BCUT2D eigenvalue weighted by atomic mass is 32.2. The van der Waals surface area contributed by atoms with Gasteiger partial charge in [-0.1, -0.05) is 17.7 Å². The van der Waals surface area contributed by atoms with Crippen LogP contribution < -0.4 is 0 Å². The van der Waals surface area contributed by atoms with Crippen LogP contribution in [-0.2, 0) is 16.4 Å². The van der Waals surface area contributed by atoms with E-state index >= 15 is 0 Å². The Labute approximate surface area is 138 Å². The van der Waals surface area contributed by atoms with Crippen molar-refractivity contribution < 1.29 is 13.2 Å². The maximum Gasteiger partial charge on any atom is 0.267 e. The zero-order valence-corrected chi connectivity index (χ0v) is 14.0. The highest BCUT2D eigenvalue weighted by molar-refractivity contribution is 7.90. The van der Waals surface area contributed by atoms with Crippen LogP contribution in [0.25, 0.3) is 0 Å². The number of aromatic nitrogens is 2. The van der Waals surface area contributed by atoms with Crippen molar-refractivity contribution in [2.75, 3.05) is 0 Å². The molecule has 2 heterocycles. The van der Waals surface area contributed by atoms with Crippen molar-refractivity contribution in [3.8, 4) is 0 Å². The first-order valence-electron chi connectivity index (χ1n) is 6.88. The van der Waals surface area contributed by atoms with Gasteiger partial charge in [0.25, 0.3) is 10.0 Å². The van der Waals surface area contributed by atoms with E-state index in [0.717, 1.165) is 9.54 Å². The molecule has 0 aliphatic rings. The van der Waals surface area contributed by atoms with Crippen molar-refractivity contribution in [2.45, 2.75) is 18.2 Å². The highest BCUT2D eigenvalue weighted by Gasteiger charge is 2.18. The summed E-state index contributed by atoms with van der Waals surface area (Å²) in [7, 11) is -3.63. The standard InChI is InChI=1S/C16H14N2O3S2/c1-12-2-4-14(5-3-12)23(20,21)18-8-6-13(11-18)10-15(19)16-17-7-9-22-16/h2-9,11H,10H2,1H3. The van der Waals surface area contributed by atoms with Crippen molar-refractivity contribution >= 4 is 27.1 Å². The first-order valence-corrected chi connectivity index (χ1v) is 9.20. The molecule has 5 nitrogen and oxygen atoms in total. The Balaban J connectivity index is 1.84. The van der Waals surface area contributed by atoms with E-state index in [1.54, 1.807) is 41.9 Å². The molecule has 0 radical (unpaired) electrons. The van der Waals surface area contributed by atoms with Crippen molar-refractivity contribution in [3.05, 3.63) is 70.4 Å². The first-order chi connectivity index (χ1) is 11.0. The lowest BCUT2D eigenvalue weighted by Crippen LogP contribution is -2.11. The van der Waals surface area contributed by atoms with Crippen LogP contribution in [0.5, 0.6) is 0 Å². The SMILES string of the molecule is Cc1ccc(S(=O)(=O)n2ccc(CC(=O)c3nccs3)c2)cc1. The van der Waals surface area contributed by atoms with E-state index in [4.69, 9.17) is 0 Å². The van der Waals surface area contributed by atoms with Gasteiger partial charge in [-0.05, 0) is 30.7 Å². The summed E-state index contributed by atoms with van der Waals surface area (Å²) in [6.45, 7) is 1.90. The van der Waals surface area contributed by atoms with Gasteiger partial charge in [0.2, 0.25) is 0 Å². The lowest BCUT2D eigenvalue weighted by atomic mass is 10.2. The fourth-order valence-electron chi connectivity index (χ4n) is 2.13. The quantitative estimate of drug-likeness (QED) is 0.666. The third-order valence-electron chi connectivity index (χ3n) is 3.36. The summed E-state index contributed by atoms with van der Waals surface area (Å²) in [5, 5.41) is 2.17. The monoisotopic (exact) mass is 346 g/mol. The maximum absolute atomic E-state index is 12.5. The van der Waals surface area contributed by atoms with Gasteiger partial charge in [0.05, 0.1) is 4.90 Å². The van der Waals surface area contributed by atoms with Gasteiger partial charge < -0.3 is 0 Å². The molecule has 0 bridgehead atoms. The first kappa shape index (κ1) is 15.6. The van der Waals surface area contributed by atoms with Gasteiger partial charge in [-0.2, -0.15) is 0 Å². The zero-order chi connectivity index (χ0) is 16.4. The van der Waals surface area contributed by atoms with Crippen LogP contribution in [0, 0.1) is 6.92 Å².